The van der Waals surface area contributed by atoms with Crippen molar-refractivity contribution in [2.24, 2.45) is 0 Å². The topological polar surface area (TPSA) is 37.3 Å². The van der Waals surface area contributed by atoms with Crippen LogP contribution in [-0.4, -0.2) is 11.1 Å². The van der Waals surface area contributed by atoms with E-state index in [1.807, 2.05) is 0 Å². The number of carboxylic acid groups (broad SMARTS) is 1. The second kappa shape index (κ2) is 4.37. The highest BCUT2D eigenvalue weighted by Crippen LogP contribution is 2.26. The molecule has 1 aromatic carbocycles. The number of carbonyl (C=O) groups is 1. The first-order valence-corrected chi connectivity index (χ1v) is 3.63. The molecule has 78 valence electrons. The summed E-state index contributed by atoms with van der Waals surface area (Å²) in [6.07, 6.45) is 0. The summed E-state index contributed by atoms with van der Waals surface area (Å²) in [6.45, 7) is 0.767. The SMILES string of the molecule is CC(F)(F)c1ccc(C(=O)O)cc1.Cl. The van der Waals surface area contributed by atoms with E-state index in [1.165, 1.54) is 0 Å². The average molecular weight is 223 g/mol. The third-order valence-corrected chi connectivity index (χ3v) is 1.64. The molecule has 0 unspecified atom stereocenters. The molecule has 0 aliphatic carbocycles. The summed E-state index contributed by atoms with van der Waals surface area (Å²) in [5, 5.41) is 8.49. The van der Waals surface area contributed by atoms with Crippen molar-refractivity contribution < 1.29 is 18.7 Å². The normalized spacial score (nSPS) is 10.5. The number of hydrogen-bond acceptors (Lipinski definition) is 1. The van der Waals surface area contributed by atoms with E-state index < -0.39 is 11.9 Å². The van der Waals surface area contributed by atoms with Gasteiger partial charge in [-0.1, -0.05) is 12.1 Å². The third kappa shape index (κ3) is 2.96. The first-order chi connectivity index (χ1) is 5.91. The molecule has 0 heterocycles. The Morgan fingerprint density at radius 3 is 2.00 bits per heavy atom. The van der Waals surface area contributed by atoms with Crippen LogP contribution in [0.4, 0.5) is 8.78 Å². The van der Waals surface area contributed by atoms with Crippen molar-refractivity contribution >= 4 is 18.4 Å². The fraction of sp³-hybridized carbons (Fsp3) is 0.222. The fourth-order valence-electron chi connectivity index (χ4n) is 0.905. The molecular weight excluding hydrogens is 214 g/mol. The van der Waals surface area contributed by atoms with Gasteiger partial charge in [-0.15, -0.1) is 12.4 Å². The maximum Gasteiger partial charge on any atom is 0.335 e. The lowest BCUT2D eigenvalue weighted by Gasteiger charge is -2.09. The van der Waals surface area contributed by atoms with Crippen LogP contribution in [-0.2, 0) is 5.92 Å². The lowest BCUT2D eigenvalue weighted by atomic mass is 10.1. The van der Waals surface area contributed by atoms with Crippen molar-refractivity contribution in [1.29, 1.82) is 0 Å². The molecule has 5 heteroatoms. The van der Waals surface area contributed by atoms with Gasteiger partial charge in [0.25, 0.3) is 5.92 Å². The van der Waals surface area contributed by atoms with Gasteiger partial charge in [-0.2, -0.15) is 0 Å². The Labute approximate surface area is 86.0 Å². The zero-order chi connectivity index (χ0) is 10.1. The van der Waals surface area contributed by atoms with Crippen LogP contribution in [0.15, 0.2) is 24.3 Å². The van der Waals surface area contributed by atoms with Gasteiger partial charge in [0.05, 0.1) is 5.56 Å². The van der Waals surface area contributed by atoms with E-state index in [-0.39, 0.29) is 23.5 Å². The van der Waals surface area contributed by atoms with Crippen molar-refractivity contribution in [1.82, 2.24) is 0 Å². The highest BCUT2D eigenvalue weighted by Gasteiger charge is 2.23. The number of benzene rings is 1. The molecule has 1 rings (SSSR count). The van der Waals surface area contributed by atoms with Gasteiger partial charge in [0.2, 0.25) is 0 Å². The first kappa shape index (κ1) is 12.8. The molecule has 0 aromatic heterocycles. The minimum Gasteiger partial charge on any atom is -0.478 e. The number of rotatable bonds is 2. The van der Waals surface area contributed by atoms with Crippen LogP contribution < -0.4 is 0 Å². The van der Waals surface area contributed by atoms with Crippen LogP contribution >= 0.6 is 12.4 Å². The van der Waals surface area contributed by atoms with Gasteiger partial charge in [0, 0.05) is 12.5 Å². The number of aromatic carboxylic acids is 1. The third-order valence-electron chi connectivity index (χ3n) is 1.64. The van der Waals surface area contributed by atoms with Crippen LogP contribution in [0.2, 0.25) is 0 Å². The monoisotopic (exact) mass is 222 g/mol. The molecule has 0 bridgehead atoms. The van der Waals surface area contributed by atoms with E-state index in [0.29, 0.717) is 0 Å². The van der Waals surface area contributed by atoms with Crippen LogP contribution in [0, 0.1) is 0 Å². The smallest absolute Gasteiger partial charge is 0.335 e. The maximum absolute atomic E-state index is 12.6. The van der Waals surface area contributed by atoms with E-state index in [9.17, 15) is 13.6 Å². The van der Waals surface area contributed by atoms with Crippen LogP contribution in [0.1, 0.15) is 22.8 Å². The van der Waals surface area contributed by atoms with Crippen LogP contribution in [0.5, 0.6) is 0 Å². The molecule has 0 amide bonds. The zero-order valence-corrected chi connectivity index (χ0v) is 8.15. The summed E-state index contributed by atoms with van der Waals surface area (Å²) in [7, 11) is 0. The molecule has 0 saturated heterocycles. The van der Waals surface area contributed by atoms with Crippen molar-refractivity contribution in [2.45, 2.75) is 12.8 Å². The Morgan fingerprint density at radius 1 is 1.29 bits per heavy atom. The van der Waals surface area contributed by atoms with Gasteiger partial charge < -0.3 is 5.11 Å². The number of halogens is 3. The van der Waals surface area contributed by atoms with Crippen LogP contribution in [0.25, 0.3) is 0 Å². The summed E-state index contributed by atoms with van der Waals surface area (Å²) in [5.74, 6) is -4.04. The van der Waals surface area contributed by atoms with Gasteiger partial charge in [-0.25, -0.2) is 13.6 Å². The molecule has 1 aromatic rings. The lowest BCUT2D eigenvalue weighted by Crippen LogP contribution is -2.07. The Bertz CT molecular complexity index is 317. The molecule has 0 aliphatic heterocycles. The van der Waals surface area contributed by atoms with Crippen molar-refractivity contribution in [3.63, 3.8) is 0 Å². The largest absolute Gasteiger partial charge is 0.478 e. The van der Waals surface area contributed by atoms with E-state index in [2.05, 4.69) is 0 Å². The molecule has 2 nitrogen and oxygen atoms in total. The first-order valence-electron chi connectivity index (χ1n) is 3.63. The minimum atomic E-state index is -2.92. The minimum absolute atomic E-state index is 0. The highest BCUT2D eigenvalue weighted by molar-refractivity contribution is 5.87. The Hall–Kier alpha value is -1.16. The Kier molecular flexibility index (Phi) is 4.01. The molecule has 0 fully saturated rings. The van der Waals surface area contributed by atoms with E-state index in [1.54, 1.807) is 0 Å². The molecule has 0 radical (unpaired) electrons. The van der Waals surface area contributed by atoms with Gasteiger partial charge >= 0.3 is 5.97 Å². The van der Waals surface area contributed by atoms with E-state index in [0.717, 1.165) is 31.2 Å². The summed E-state index contributed by atoms with van der Waals surface area (Å²) in [5.41, 5.74) is -0.175. The number of carboxylic acids is 1. The van der Waals surface area contributed by atoms with Crippen molar-refractivity contribution in [2.75, 3.05) is 0 Å². The quantitative estimate of drug-likeness (QED) is 0.836. The zero-order valence-electron chi connectivity index (χ0n) is 7.33. The summed E-state index contributed by atoms with van der Waals surface area (Å²) >= 11 is 0. The van der Waals surface area contributed by atoms with Crippen molar-refractivity contribution in [3.8, 4) is 0 Å². The predicted octanol–water partition coefficient (Wildman–Crippen LogP) is 2.92. The Morgan fingerprint density at radius 2 is 1.71 bits per heavy atom. The van der Waals surface area contributed by atoms with E-state index in [4.69, 9.17) is 5.11 Å². The maximum atomic E-state index is 12.6. The fourth-order valence-corrected chi connectivity index (χ4v) is 0.905. The van der Waals surface area contributed by atoms with Gasteiger partial charge in [-0.3, -0.25) is 0 Å². The summed E-state index contributed by atoms with van der Waals surface area (Å²) in [4.78, 5) is 10.4. The van der Waals surface area contributed by atoms with E-state index >= 15 is 0 Å². The second-order valence-electron chi connectivity index (χ2n) is 2.77. The molecular formula is C9H9ClF2O2. The molecule has 1 N–H and O–H groups in total. The highest BCUT2D eigenvalue weighted by atomic mass is 35.5. The van der Waals surface area contributed by atoms with Crippen molar-refractivity contribution in [3.05, 3.63) is 35.4 Å². The lowest BCUT2D eigenvalue weighted by molar-refractivity contribution is 0.0174. The van der Waals surface area contributed by atoms with Gasteiger partial charge in [0.1, 0.15) is 0 Å². The standard InChI is InChI=1S/C9H8F2O2.ClH/c1-9(10,11)7-4-2-6(3-5-7)8(12)13;/h2-5H,1H3,(H,12,13);1H. The van der Waals surface area contributed by atoms with Gasteiger partial charge in [0.15, 0.2) is 0 Å². The second-order valence-corrected chi connectivity index (χ2v) is 2.77. The number of alkyl halides is 2. The molecule has 0 spiro atoms. The molecule has 0 atom stereocenters. The predicted molar refractivity (Wildman–Crippen MR) is 50.2 cm³/mol. The van der Waals surface area contributed by atoms with Gasteiger partial charge in [-0.05, 0) is 12.1 Å². The summed E-state index contributed by atoms with van der Waals surface area (Å²) < 4.78 is 25.3. The average Bonchev–Trinajstić information content (AvgIpc) is 2.03. The summed E-state index contributed by atoms with van der Waals surface area (Å²) in [6, 6.07) is 4.55. The van der Waals surface area contributed by atoms with Crippen LogP contribution in [0.3, 0.4) is 0 Å². The molecule has 0 saturated carbocycles. The molecule has 0 aliphatic rings. The Balaban J connectivity index is 0.00000169. The molecule has 14 heavy (non-hydrogen) atoms. The number of hydrogen-bond donors (Lipinski definition) is 1.